The van der Waals surface area contributed by atoms with Crippen LogP contribution in [0.2, 0.25) is 0 Å². The van der Waals surface area contributed by atoms with Crippen LogP contribution >= 0.6 is 0 Å². The monoisotopic (exact) mass is 171 g/mol. The van der Waals surface area contributed by atoms with Gasteiger partial charge in [-0.05, 0) is 26.7 Å². The topological polar surface area (TPSA) is 35.2 Å². The summed E-state index contributed by atoms with van der Waals surface area (Å²) in [7, 11) is 0. The molecule has 1 saturated carbocycles. The molecule has 1 fully saturated rings. The average Bonchev–Trinajstić information content (AvgIpc) is 2.06. The molecule has 72 valence electrons. The maximum atomic E-state index is 5.90. The summed E-state index contributed by atoms with van der Waals surface area (Å²) in [6, 6.07) is 0. The SMILES string of the molecule is CC(C)(CN)OC1CCCCC1. The van der Waals surface area contributed by atoms with E-state index in [0.717, 1.165) is 0 Å². The Labute approximate surface area is 75.5 Å². The zero-order chi connectivity index (χ0) is 9.03. The predicted molar refractivity (Wildman–Crippen MR) is 51.1 cm³/mol. The molecule has 2 heteroatoms. The van der Waals surface area contributed by atoms with Gasteiger partial charge in [0.1, 0.15) is 0 Å². The third kappa shape index (κ3) is 3.11. The number of hydrogen-bond acceptors (Lipinski definition) is 2. The van der Waals surface area contributed by atoms with Gasteiger partial charge < -0.3 is 10.5 Å². The first-order valence-electron chi connectivity index (χ1n) is 5.02. The lowest BCUT2D eigenvalue weighted by Crippen LogP contribution is -2.38. The van der Waals surface area contributed by atoms with Crippen LogP contribution in [0.3, 0.4) is 0 Å². The van der Waals surface area contributed by atoms with Crippen molar-refractivity contribution in [1.82, 2.24) is 0 Å². The Bertz CT molecular complexity index is 128. The molecule has 1 aliphatic carbocycles. The first kappa shape index (κ1) is 10.0. The lowest BCUT2D eigenvalue weighted by atomic mass is 9.97. The first-order valence-corrected chi connectivity index (χ1v) is 5.02. The molecule has 0 spiro atoms. The van der Waals surface area contributed by atoms with Crippen molar-refractivity contribution in [2.45, 2.75) is 57.7 Å². The van der Waals surface area contributed by atoms with Crippen LogP contribution in [0.15, 0.2) is 0 Å². The van der Waals surface area contributed by atoms with Crippen molar-refractivity contribution >= 4 is 0 Å². The highest BCUT2D eigenvalue weighted by molar-refractivity contribution is 4.74. The smallest absolute Gasteiger partial charge is 0.0751 e. The van der Waals surface area contributed by atoms with Crippen molar-refractivity contribution in [2.75, 3.05) is 6.54 Å². The maximum Gasteiger partial charge on any atom is 0.0751 e. The summed E-state index contributed by atoms with van der Waals surface area (Å²) in [4.78, 5) is 0. The lowest BCUT2D eigenvalue weighted by Gasteiger charge is -2.31. The van der Waals surface area contributed by atoms with Crippen LogP contribution in [0.4, 0.5) is 0 Å². The van der Waals surface area contributed by atoms with Gasteiger partial charge in [0.05, 0.1) is 11.7 Å². The van der Waals surface area contributed by atoms with Gasteiger partial charge in [-0.2, -0.15) is 0 Å². The van der Waals surface area contributed by atoms with Gasteiger partial charge in [0, 0.05) is 6.54 Å². The fraction of sp³-hybridized carbons (Fsp3) is 1.00. The average molecular weight is 171 g/mol. The number of ether oxygens (including phenoxy) is 1. The van der Waals surface area contributed by atoms with Crippen LogP contribution < -0.4 is 5.73 Å². The molecule has 0 amide bonds. The summed E-state index contributed by atoms with van der Waals surface area (Å²) in [5, 5.41) is 0. The molecule has 1 rings (SSSR count). The van der Waals surface area contributed by atoms with E-state index in [-0.39, 0.29) is 5.60 Å². The largest absolute Gasteiger partial charge is 0.371 e. The van der Waals surface area contributed by atoms with E-state index >= 15 is 0 Å². The maximum absolute atomic E-state index is 5.90. The second-order valence-corrected chi connectivity index (χ2v) is 4.34. The molecule has 0 heterocycles. The molecule has 0 aromatic carbocycles. The van der Waals surface area contributed by atoms with Gasteiger partial charge in [0.15, 0.2) is 0 Å². The Hall–Kier alpha value is -0.0800. The fourth-order valence-corrected chi connectivity index (χ4v) is 1.68. The van der Waals surface area contributed by atoms with E-state index < -0.39 is 0 Å². The number of nitrogens with two attached hydrogens (primary N) is 1. The Kier molecular flexibility index (Phi) is 3.53. The first-order chi connectivity index (χ1) is 5.64. The van der Waals surface area contributed by atoms with Crippen LogP contribution in [0.5, 0.6) is 0 Å². The molecule has 12 heavy (non-hydrogen) atoms. The van der Waals surface area contributed by atoms with Crippen LogP contribution in [-0.2, 0) is 4.74 Å². The fourth-order valence-electron chi connectivity index (χ4n) is 1.68. The molecule has 0 unspecified atom stereocenters. The molecule has 0 bridgehead atoms. The molecule has 1 aliphatic rings. The Balaban J connectivity index is 2.28. The summed E-state index contributed by atoms with van der Waals surface area (Å²) in [5.41, 5.74) is 5.48. The second kappa shape index (κ2) is 4.24. The van der Waals surface area contributed by atoms with Crippen molar-refractivity contribution in [3.63, 3.8) is 0 Å². The van der Waals surface area contributed by atoms with E-state index in [1.54, 1.807) is 0 Å². The van der Waals surface area contributed by atoms with Gasteiger partial charge in [-0.3, -0.25) is 0 Å². The Morgan fingerprint density at radius 3 is 2.33 bits per heavy atom. The van der Waals surface area contributed by atoms with Gasteiger partial charge in [-0.1, -0.05) is 19.3 Å². The van der Waals surface area contributed by atoms with Crippen LogP contribution in [0.1, 0.15) is 46.0 Å². The van der Waals surface area contributed by atoms with E-state index in [4.69, 9.17) is 10.5 Å². The predicted octanol–water partition coefficient (Wildman–Crippen LogP) is 2.07. The lowest BCUT2D eigenvalue weighted by molar-refractivity contribution is -0.0785. The second-order valence-electron chi connectivity index (χ2n) is 4.34. The van der Waals surface area contributed by atoms with Gasteiger partial charge in [0.2, 0.25) is 0 Å². The van der Waals surface area contributed by atoms with E-state index in [9.17, 15) is 0 Å². The molecule has 2 nitrogen and oxygen atoms in total. The third-order valence-electron chi connectivity index (χ3n) is 2.53. The van der Waals surface area contributed by atoms with Gasteiger partial charge in [-0.25, -0.2) is 0 Å². The van der Waals surface area contributed by atoms with E-state index in [0.29, 0.717) is 12.6 Å². The highest BCUT2D eigenvalue weighted by atomic mass is 16.5. The minimum atomic E-state index is -0.123. The summed E-state index contributed by atoms with van der Waals surface area (Å²) < 4.78 is 5.90. The van der Waals surface area contributed by atoms with Crippen molar-refractivity contribution < 1.29 is 4.74 Å². The molecule has 0 saturated heterocycles. The number of hydrogen-bond donors (Lipinski definition) is 1. The van der Waals surface area contributed by atoms with Gasteiger partial charge >= 0.3 is 0 Å². The number of rotatable bonds is 3. The van der Waals surface area contributed by atoms with Crippen molar-refractivity contribution in [1.29, 1.82) is 0 Å². The summed E-state index contributed by atoms with van der Waals surface area (Å²) in [6.07, 6.45) is 6.95. The van der Waals surface area contributed by atoms with Crippen molar-refractivity contribution in [3.8, 4) is 0 Å². The summed E-state index contributed by atoms with van der Waals surface area (Å²) in [5.74, 6) is 0. The Morgan fingerprint density at radius 2 is 1.83 bits per heavy atom. The molecular weight excluding hydrogens is 150 g/mol. The van der Waals surface area contributed by atoms with E-state index in [1.165, 1.54) is 32.1 Å². The zero-order valence-corrected chi connectivity index (χ0v) is 8.31. The standard InChI is InChI=1S/C10H21NO/c1-10(2,8-11)12-9-6-4-3-5-7-9/h9H,3-8,11H2,1-2H3. The van der Waals surface area contributed by atoms with Crippen LogP contribution in [0.25, 0.3) is 0 Å². The highest BCUT2D eigenvalue weighted by Gasteiger charge is 2.23. The molecule has 0 radical (unpaired) electrons. The van der Waals surface area contributed by atoms with Crippen molar-refractivity contribution in [2.24, 2.45) is 5.73 Å². The minimum Gasteiger partial charge on any atom is -0.371 e. The van der Waals surface area contributed by atoms with E-state index in [2.05, 4.69) is 13.8 Å². The van der Waals surface area contributed by atoms with Crippen LogP contribution in [0, 0.1) is 0 Å². The molecule has 0 atom stereocenters. The normalized spacial score (nSPS) is 21.2. The molecular formula is C10H21NO. The zero-order valence-electron chi connectivity index (χ0n) is 8.31. The summed E-state index contributed by atoms with van der Waals surface area (Å²) in [6.45, 7) is 4.76. The molecule has 0 aliphatic heterocycles. The Morgan fingerprint density at radius 1 is 1.25 bits per heavy atom. The molecule has 0 aromatic rings. The highest BCUT2D eigenvalue weighted by Crippen LogP contribution is 2.24. The third-order valence-corrected chi connectivity index (χ3v) is 2.53. The van der Waals surface area contributed by atoms with Gasteiger partial charge in [-0.15, -0.1) is 0 Å². The van der Waals surface area contributed by atoms with Crippen molar-refractivity contribution in [3.05, 3.63) is 0 Å². The molecule has 2 N–H and O–H groups in total. The molecule has 0 aromatic heterocycles. The minimum absolute atomic E-state index is 0.123. The van der Waals surface area contributed by atoms with E-state index in [1.807, 2.05) is 0 Å². The summed E-state index contributed by atoms with van der Waals surface area (Å²) >= 11 is 0. The quantitative estimate of drug-likeness (QED) is 0.705. The van der Waals surface area contributed by atoms with Crippen LogP contribution in [-0.4, -0.2) is 18.2 Å². The van der Waals surface area contributed by atoms with Gasteiger partial charge in [0.25, 0.3) is 0 Å².